The molecule has 10 nitrogen and oxygen atoms in total. The maximum absolute atomic E-state index is 11.1. The van der Waals surface area contributed by atoms with Crippen LogP contribution in [-0.2, 0) is 6.67 Å². The van der Waals surface area contributed by atoms with E-state index in [1.54, 1.807) is 12.1 Å². The number of thiocarbonyl (C=S) groups is 1. The molecule has 0 amide bonds. The number of piperazine rings is 1. The van der Waals surface area contributed by atoms with Crippen LogP contribution in [0.2, 0.25) is 0 Å². The van der Waals surface area contributed by atoms with Crippen LogP contribution in [0.15, 0.2) is 58.8 Å². The highest BCUT2D eigenvalue weighted by molar-refractivity contribution is 7.80. The lowest BCUT2D eigenvalue weighted by Gasteiger charge is -2.36. The number of nitrogens with zero attached hydrogens (tertiary/aromatic N) is 7. The Labute approximate surface area is 209 Å². The van der Waals surface area contributed by atoms with Gasteiger partial charge in [-0.05, 0) is 44.3 Å². The summed E-state index contributed by atoms with van der Waals surface area (Å²) in [5, 5.41) is 31.7. The normalized spacial score (nSPS) is 14.6. The molecule has 35 heavy (non-hydrogen) atoms. The molecular weight excluding hydrogens is 466 g/mol. The van der Waals surface area contributed by atoms with Gasteiger partial charge in [-0.15, -0.1) is 10.2 Å². The number of nitro benzene ring substituents is 1. The van der Waals surface area contributed by atoms with Crippen LogP contribution >= 0.6 is 12.2 Å². The molecule has 0 saturated carbocycles. The SMILES string of the molecule is CCN(CC)C(=S)N=Nc1c(O)n(CN2CCN(c3ccc([N+](=O)[O-])cc3)CC2)c2ccccc12. The molecular formula is C24H29N7O3S. The van der Waals surface area contributed by atoms with Gasteiger partial charge in [0.2, 0.25) is 11.0 Å². The largest absolute Gasteiger partial charge is 0.493 e. The molecule has 0 radical (unpaired) electrons. The number of azo groups is 1. The first-order valence-electron chi connectivity index (χ1n) is 11.7. The number of nitro groups is 1. The van der Waals surface area contributed by atoms with Crippen LogP contribution in [0.3, 0.4) is 0 Å². The third-order valence-electron chi connectivity index (χ3n) is 6.33. The fourth-order valence-corrected chi connectivity index (χ4v) is 4.60. The van der Waals surface area contributed by atoms with Crippen molar-refractivity contribution in [2.75, 3.05) is 44.2 Å². The van der Waals surface area contributed by atoms with Gasteiger partial charge in [-0.25, -0.2) is 0 Å². The second kappa shape index (κ2) is 10.8. The molecule has 0 unspecified atom stereocenters. The van der Waals surface area contributed by atoms with E-state index in [9.17, 15) is 15.2 Å². The standard InChI is InChI=1S/C24H29N7O3S/c1-3-28(4-2)24(35)26-25-22-20-7-5-6-8-21(20)30(23(22)32)17-27-13-15-29(16-14-27)18-9-11-19(12-10-18)31(33)34/h5-12,32H,3-4,13-17H2,1-2H3. The zero-order valence-corrected chi connectivity index (χ0v) is 20.7. The maximum Gasteiger partial charge on any atom is 0.269 e. The van der Waals surface area contributed by atoms with Gasteiger partial charge in [0, 0.05) is 62.5 Å². The van der Waals surface area contributed by atoms with Crippen molar-refractivity contribution in [3.8, 4) is 5.88 Å². The first-order chi connectivity index (χ1) is 16.9. The van der Waals surface area contributed by atoms with E-state index in [1.807, 2.05) is 47.6 Å². The zero-order chi connectivity index (χ0) is 24.9. The average molecular weight is 496 g/mol. The fraction of sp³-hybridized carbons (Fsp3) is 0.375. The summed E-state index contributed by atoms with van der Waals surface area (Å²) in [7, 11) is 0. The lowest BCUT2D eigenvalue weighted by molar-refractivity contribution is -0.384. The van der Waals surface area contributed by atoms with Crippen molar-refractivity contribution in [3.63, 3.8) is 0 Å². The lowest BCUT2D eigenvalue weighted by Crippen LogP contribution is -2.46. The van der Waals surface area contributed by atoms with Gasteiger partial charge >= 0.3 is 0 Å². The van der Waals surface area contributed by atoms with Crippen molar-refractivity contribution < 1.29 is 10.0 Å². The van der Waals surface area contributed by atoms with Crippen molar-refractivity contribution >= 4 is 45.3 Å². The molecule has 0 aliphatic carbocycles. The van der Waals surface area contributed by atoms with E-state index in [1.165, 1.54) is 12.1 Å². The predicted molar refractivity (Wildman–Crippen MR) is 141 cm³/mol. The first kappa shape index (κ1) is 24.6. The Morgan fingerprint density at radius 2 is 1.74 bits per heavy atom. The summed E-state index contributed by atoms with van der Waals surface area (Å²) in [4.78, 5) is 16.9. The number of benzene rings is 2. The van der Waals surface area contributed by atoms with E-state index in [-0.39, 0.29) is 16.5 Å². The van der Waals surface area contributed by atoms with Gasteiger partial charge in [0.25, 0.3) is 5.69 Å². The van der Waals surface area contributed by atoms with Gasteiger partial charge in [-0.2, -0.15) is 0 Å². The smallest absolute Gasteiger partial charge is 0.269 e. The summed E-state index contributed by atoms with van der Waals surface area (Å²) in [6.07, 6.45) is 0. The number of rotatable bonds is 7. The van der Waals surface area contributed by atoms with Crippen molar-refractivity contribution in [2.45, 2.75) is 20.5 Å². The molecule has 1 saturated heterocycles. The Kier molecular flexibility index (Phi) is 7.57. The van der Waals surface area contributed by atoms with Gasteiger partial charge in [-0.1, -0.05) is 18.2 Å². The van der Waals surface area contributed by atoms with Gasteiger partial charge in [0.15, 0.2) is 5.69 Å². The number of hydrogen-bond acceptors (Lipinski definition) is 7. The molecule has 0 bridgehead atoms. The summed E-state index contributed by atoms with van der Waals surface area (Å²) in [6.45, 7) is 9.15. The molecule has 1 N–H and O–H groups in total. The average Bonchev–Trinajstić information content (AvgIpc) is 3.14. The fourth-order valence-electron chi connectivity index (χ4n) is 4.30. The third-order valence-corrected chi connectivity index (χ3v) is 6.67. The van der Waals surface area contributed by atoms with E-state index in [0.717, 1.165) is 55.9 Å². The van der Waals surface area contributed by atoms with E-state index in [4.69, 9.17) is 12.2 Å². The van der Waals surface area contributed by atoms with Crippen LogP contribution in [0, 0.1) is 10.1 Å². The molecule has 0 atom stereocenters. The summed E-state index contributed by atoms with van der Waals surface area (Å²) in [6, 6.07) is 14.4. The Morgan fingerprint density at radius 1 is 1.09 bits per heavy atom. The number of hydrogen-bond donors (Lipinski definition) is 1. The minimum Gasteiger partial charge on any atom is -0.493 e. The van der Waals surface area contributed by atoms with E-state index >= 15 is 0 Å². The van der Waals surface area contributed by atoms with Crippen LogP contribution < -0.4 is 4.90 Å². The highest BCUT2D eigenvalue weighted by Gasteiger charge is 2.22. The Bertz CT molecular complexity index is 1230. The minimum atomic E-state index is -0.388. The molecule has 11 heteroatoms. The number of fused-ring (bicyclic) bond motifs is 1. The second-order valence-corrected chi connectivity index (χ2v) is 8.66. The summed E-state index contributed by atoms with van der Waals surface area (Å²) >= 11 is 5.38. The van der Waals surface area contributed by atoms with Crippen LogP contribution in [0.25, 0.3) is 10.9 Å². The Hall–Kier alpha value is -3.57. The number of aromatic nitrogens is 1. The number of non-ortho nitro benzene ring substituents is 1. The first-order valence-corrected chi connectivity index (χ1v) is 12.1. The van der Waals surface area contributed by atoms with Crippen LogP contribution in [0.4, 0.5) is 17.1 Å². The predicted octanol–water partition coefficient (Wildman–Crippen LogP) is 4.75. The molecule has 1 fully saturated rings. The third kappa shape index (κ3) is 5.25. The van der Waals surface area contributed by atoms with Gasteiger partial charge in [-0.3, -0.25) is 19.6 Å². The molecule has 3 aromatic rings. The lowest BCUT2D eigenvalue weighted by atomic mass is 10.2. The Morgan fingerprint density at radius 3 is 2.37 bits per heavy atom. The zero-order valence-electron chi connectivity index (χ0n) is 19.9. The van der Waals surface area contributed by atoms with Gasteiger partial charge in [0.1, 0.15) is 0 Å². The molecule has 1 aliphatic rings. The van der Waals surface area contributed by atoms with Crippen molar-refractivity contribution in [1.29, 1.82) is 0 Å². The number of anilines is 1. The number of para-hydroxylation sites is 1. The quantitative estimate of drug-likeness (QED) is 0.218. The monoisotopic (exact) mass is 495 g/mol. The van der Waals surface area contributed by atoms with E-state index < -0.39 is 0 Å². The molecule has 2 heterocycles. The van der Waals surface area contributed by atoms with Crippen LogP contribution in [0.1, 0.15) is 13.8 Å². The topological polar surface area (TPSA) is 103 Å². The molecule has 0 spiro atoms. The van der Waals surface area contributed by atoms with Crippen LogP contribution in [0.5, 0.6) is 5.88 Å². The van der Waals surface area contributed by atoms with Crippen LogP contribution in [-0.4, -0.2) is 68.8 Å². The Balaban J connectivity index is 1.49. The minimum absolute atomic E-state index is 0.0649. The van der Waals surface area contributed by atoms with Gasteiger partial charge in [0.05, 0.1) is 17.1 Å². The van der Waals surface area contributed by atoms with E-state index in [0.29, 0.717) is 17.5 Å². The van der Waals surface area contributed by atoms with Crippen molar-refractivity contribution in [2.24, 2.45) is 10.2 Å². The molecule has 1 aliphatic heterocycles. The molecule has 1 aromatic heterocycles. The molecule has 184 valence electrons. The van der Waals surface area contributed by atoms with E-state index in [2.05, 4.69) is 20.0 Å². The second-order valence-electron chi connectivity index (χ2n) is 8.29. The molecule has 4 rings (SSSR count). The van der Waals surface area contributed by atoms with Crippen molar-refractivity contribution in [3.05, 3.63) is 58.6 Å². The van der Waals surface area contributed by atoms with Gasteiger partial charge < -0.3 is 14.9 Å². The highest BCUT2D eigenvalue weighted by atomic mass is 32.1. The molecule has 2 aromatic carbocycles. The summed E-state index contributed by atoms with van der Waals surface area (Å²) in [5.74, 6) is 0.0649. The van der Waals surface area contributed by atoms with Crippen molar-refractivity contribution in [1.82, 2.24) is 14.4 Å². The highest BCUT2D eigenvalue weighted by Crippen LogP contribution is 2.39. The number of aromatic hydroxyl groups is 1. The maximum atomic E-state index is 11.1. The summed E-state index contributed by atoms with van der Waals surface area (Å²) < 4.78 is 1.85. The summed E-state index contributed by atoms with van der Waals surface area (Å²) in [5.41, 5.74) is 2.36.